The molecule has 1 fully saturated rings. The van der Waals surface area contributed by atoms with Gasteiger partial charge in [-0.15, -0.1) is 0 Å². The minimum Gasteiger partial charge on any atom is -0.341 e. The summed E-state index contributed by atoms with van der Waals surface area (Å²) in [7, 11) is 1.91. The summed E-state index contributed by atoms with van der Waals surface area (Å²) < 4.78 is 0. The molecule has 1 unspecified atom stereocenters. The Bertz CT molecular complexity index is 1270. The largest absolute Gasteiger partial charge is 0.341 e. The molecule has 5 rings (SSSR count). The Balaban J connectivity index is 1.38. The van der Waals surface area contributed by atoms with E-state index >= 15 is 0 Å². The average Bonchev–Trinajstić information content (AvgIpc) is 3.20. The number of benzene rings is 3. The molecule has 3 nitrogen and oxygen atoms in total. The third kappa shape index (κ3) is 5.46. The van der Waals surface area contributed by atoms with E-state index in [-0.39, 0.29) is 17.2 Å². The maximum Gasteiger partial charge on any atom is 0.253 e. The molecule has 194 valence electrons. The van der Waals surface area contributed by atoms with E-state index in [2.05, 4.69) is 35.6 Å². The van der Waals surface area contributed by atoms with Crippen molar-refractivity contribution in [2.24, 2.45) is 5.92 Å². The summed E-state index contributed by atoms with van der Waals surface area (Å²) in [5.74, 6) is 0.836. The number of halogens is 2. The second kappa shape index (κ2) is 11.2. The Kier molecular flexibility index (Phi) is 7.95. The van der Waals surface area contributed by atoms with Crippen LogP contribution < -0.4 is 5.32 Å². The molecule has 37 heavy (non-hydrogen) atoms. The number of nitrogens with one attached hydrogen (secondary N) is 1. The van der Waals surface area contributed by atoms with Crippen LogP contribution in [-0.2, 0) is 11.8 Å². The smallest absolute Gasteiger partial charge is 0.253 e. The zero-order valence-electron chi connectivity index (χ0n) is 21.8. The lowest BCUT2D eigenvalue weighted by Crippen LogP contribution is -2.43. The van der Waals surface area contributed by atoms with Crippen molar-refractivity contribution in [1.82, 2.24) is 10.2 Å². The molecule has 1 heterocycles. The van der Waals surface area contributed by atoms with Gasteiger partial charge in [0.25, 0.3) is 5.91 Å². The Hall–Kier alpha value is -2.33. The first-order valence-electron chi connectivity index (χ1n) is 13.4. The van der Waals surface area contributed by atoms with Crippen molar-refractivity contribution in [3.05, 3.63) is 105 Å². The summed E-state index contributed by atoms with van der Waals surface area (Å²) in [5, 5.41) is 4.71. The SMILES string of the molecule is Cc1cccc(C(=O)N(C)C[C@@H](CCC2Cc3ccccc3C23CCNCC3)c2ccc(Cl)c(Cl)c2)c1. The minimum atomic E-state index is 0.0526. The molecule has 0 bridgehead atoms. The van der Waals surface area contributed by atoms with Gasteiger partial charge in [0.2, 0.25) is 0 Å². The third-order valence-corrected chi connectivity index (χ3v) is 9.42. The molecule has 0 aromatic heterocycles. The summed E-state index contributed by atoms with van der Waals surface area (Å²) in [6, 6.07) is 22.9. The van der Waals surface area contributed by atoms with Crippen molar-refractivity contribution in [3.8, 4) is 0 Å². The van der Waals surface area contributed by atoms with E-state index in [1.807, 2.05) is 55.3 Å². The van der Waals surface area contributed by atoms with Crippen LogP contribution in [0.3, 0.4) is 0 Å². The monoisotopic (exact) mass is 534 g/mol. The second-order valence-electron chi connectivity index (χ2n) is 11.0. The zero-order valence-corrected chi connectivity index (χ0v) is 23.3. The van der Waals surface area contributed by atoms with Gasteiger partial charge in [0.1, 0.15) is 0 Å². The van der Waals surface area contributed by atoms with Gasteiger partial charge in [-0.2, -0.15) is 0 Å². The second-order valence-corrected chi connectivity index (χ2v) is 11.8. The van der Waals surface area contributed by atoms with Crippen LogP contribution in [0.15, 0.2) is 66.7 Å². The van der Waals surface area contributed by atoms with Gasteiger partial charge in [-0.1, -0.05) is 71.2 Å². The number of carbonyl (C=O) groups is 1. The highest BCUT2D eigenvalue weighted by Crippen LogP contribution is 2.51. The number of rotatable bonds is 7. The molecule has 1 saturated heterocycles. The van der Waals surface area contributed by atoms with Crippen LogP contribution in [-0.4, -0.2) is 37.5 Å². The van der Waals surface area contributed by atoms with Crippen molar-refractivity contribution >= 4 is 29.1 Å². The van der Waals surface area contributed by atoms with Crippen LogP contribution >= 0.6 is 23.2 Å². The molecular formula is C32H36Cl2N2O. The highest BCUT2D eigenvalue weighted by atomic mass is 35.5. The fourth-order valence-electron chi connectivity index (χ4n) is 6.74. The highest BCUT2D eigenvalue weighted by Gasteiger charge is 2.46. The molecular weight excluding hydrogens is 499 g/mol. The Morgan fingerprint density at radius 1 is 1.03 bits per heavy atom. The fraction of sp³-hybridized carbons (Fsp3) is 0.406. The van der Waals surface area contributed by atoms with Crippen LogP contribution in [0.4, 0.5) is 0 Å². The first kappa shape index (κ1) is 26.3. The lowest BCUT2D eigenvalue weighted by molar-refractivity contribution is 0.0782. The highest BCUT2D eigenvalue weighted by molar-refractivity contribution is 6.42. The number of aryl methyl sites for hydroxylation is 1. The summed E-state index contributed by atoms with van der Waals surface area (Å²) >= 11 is 12.7. The average molecular weight is 536 g/mol. The molecule has 1 amide bonds. The summed E-state index contributed by atoms with van der Waals surface area (Å²) in [5.41, 5.74) is 6.32. The number of hydrogen-bond acceptors (Lipinski definition) is 2. The van der Waals surface area contributed by atoms with E-state index in [1.165, 1.54) is 18.4 Å². The van der Waals surface area contributed by atoms with Crippen molar-refractivity contribution in [3.63, 3.8) is 0 Å². The Labute approximate surface area is 231 Å². The van der Waals surface area contributed by atoms with E-state index in [0.717, 1.165) is 49.0 Å². The summed E-state index contributed by atoms with van der Waals surface area (Å²) in [4.78, 5) is 15.2. The first-order chi connectivity index (χ1) is 17.9. The Morgan fingerprint density at radius 2 is 1.81 bits per heavy atom. The quantitative estimate of drug-likeness (QED) is 0.341. The summed E-state index contributed by atoms with van der Waals surface area (Å²) in [6.45, 7) is 4.81. The number of piperidine rings is 1. The van der Waals surface area contributed by atoms with Gasteiger partial charge in [0.05, 0.1) is 10.0 Å². The molecule has 2 atom stereocenters. The van der Waals surface area contributed by atoms with Gasteiger partial charge in [0.15, 0.2) is 0 Å². The maximum absolute atomic E-state index is 13.3. The van der Waals surface area contributed by atoms with Crippen LogP contribution in [0.2, 0.25) is 10.0 Å². The van der Waals surface area contributed by atoms with Crippen molar-refractivity contribution < 1.29 is 4.79 Å². The van der Waals surface area contributed by atoms with E-state index in [9.17, 15) is 4.79 Å². The fourth-order valence-corrected chi connectivity index (χ4v) is 7.04. The van der Waals surface area contributed by atoms with Gasteiger partial charge < -0.3 is 10.2 Å². The number of hydrogen-bond donors (Lipinski definition) is 1. The van der Waals surface area contributed by atoms with Crippen LogP contribution in [0.5, 0.6) is 0 Å². The van der Waals surface area contributed by atoms with Crippen molar-refractivity contribution in [2.45, 2.75) is 50.4 Å². The molecule has 1 spiro atoms. The van der Waals surface area contributed by atoms with Gasteiger partial charge >= 0.3 is 0 Å². The molecule has 5 heteroatoms. The normalized spacial score (nSPS) is 19.0. The van der Waals surface area contributed by atoms with Gasteiger partial charge in [-0.3, -0.25) is 4.79 Å². The predicted molar refractivity (Wildman–Crippen MR) is 154 cm³/mol. The number of nitrogens with zero attached hydrogens (tertiary/aromatic N) is 1. The van der Waals surface area contributed by atoms with E-state index in [1.54, 1.807) is 5.56 Å². The van der Waals surface area contributed by atoms with Crippen LogP contribution in [0.1, 0.15) is 64.2 Å². The van der Waals surface area contributed by atoms with E-state index in [4.69, 9.17) is 23.2 Å². The third-order valence-electron chi connectivity index (χ3n) is 8.68. The Morgan fingerprint density at radius 3 is 2.57 bits per heavy atom. The van der Waals surface area contributed by atoms with Gasteiger partial charge in [-0.05, 0) is 99.0 Å². The molecule has 1 aliphatic heterocycles. The molecule has 3 aromatic carbocycles. The van der Waals surface area contributed by atoms with Gasteiger partial charge in [0, 0.05) is 30.5 Å². The number of amides is 1. The summed E-state index contributed by atoms with van der Waals surface area (Å²) in [6.07, 6.45) is 5.64. The molecule has 0 radical (unpaired) electrons. The zero-order chi connectivity index (χ0) is 26.0. The molecule has 1 aliphatic carbocycles. The van der Waals surface area contributed by atoms with Crippen LogP contribution in [0.25, 0.3) is 0 Å². The predicted octanol–water partition coefficient (Wildman–Crippen LogP) is 7.43. The standard InChI is InChI=1S/C32H36Cl2N2O/c1-22-6-5-8-25(18-22)31(37)36(2)21-26(23-11-13-29(33)30(34)20-23)10-12-27-19-24-7-3-4-9-28(24)32(27)14-16-35-17-15-32/h3-9,11,13,18,20,26-27,35H,10,12,14-17,19,21H2,1-2H3/t26-,27?/m1/s1. The van der Waals surface area contributed by atoms with E-state index in [0.29, 0.717) is 22.5 Å². The molecule has 1 N–H and O–H groups in total. The van der Waals surface area contributed by atoms with Crippen molar-refractivity contribution in [2.75, 3.05) is 26.7 Å². The maximum atomic E-state index is 13.3. The first-order valence-corrected chi connectivity index (χ1v) is 14.2. The van der Waals surface area contributed by atoms with Gasteiger partial charge in [-0.25, -0.2) is 0 Å². The number of likely N-dealkylation sites (N-methyl/N-ethyl adjacent to an activating group) is 1. The van der Waals surface area contributed by atoms with E-state index < -0.39 is 0 Å². The van der Waals surface area contributed by atoms with Crippen LogP contribution in [0, 0.1) is 12.8 Å². The molecule has 2 aliphatic rings. The number of carbonyl (C=O) groups excluding carboxylic acids is 1. The number of fused-ring (bicyclic) bond motifs is 2. The molecule has 0 saturated carbocycles. The minimum absolute atomic E-state index is 0.0526. The topological polar surface area (TPSA) is 32.3 Å². The van der Waals surface area contributed by atoms with Crippen molar-refractivity contribution in [1.29, 1.82) is 0 Å². The lowest BCUT2D eigenvalue weighted by atomic mass is 9.66. The lowest BCUT2D eigenvalue weighted by Gasteiger charge is -2.41. The molecule has 3 aromatic rings.